The zero-order chi connectivity index (χ0) is 18.3. The summed E-state index contributed by atoms with van der Waals surface area (Å²) in [7, 11) is 0. The van der Waals surface area contributed by atoms with Crippen LogP contribution in [0.1, 0.15) is 32.3 Å². The predicted molar refractivity (Wildman–Crippen MR) is 94.7 cm³/mol. The third-order valence-corrected chi connectivity index (χ3v) is 4.93. The molecular formula is C20H28O5. The number of hydrogen-bond donors (Lipinski definition) is 1. The summed E-state index contributed by atoms with van der Waals surface area (Å²) in [6.07, 6.45) is 0.834. The van der Waals surface area contributed by atoms with Crippen molar-refractivity contribution in [3.05, 3.63) is 48.0 Å². The largest absolute Gasteiger partial charge is 0.465 e. The molecule has 0 spiro atoms. The van der Waals surface area contributed by atoms with Gasteiger partial charge in [-0.2, -0.15) is 0 Å². The number of carbonyl (C=O) groups is 1. The van der Waals surface area contributed by atoms with Crippen LogP contribution in [0.15, 0.2) is 42.5 Å². The minimum atomic E-state index is -0.555. The van der Waals surface area contributed by atoms with Gasteiger partial charge >= 0.3 is 5.97 Å². The van der Waals surface area contributed by atoms with Crippen LogP contribution in [0, 0.1) is 11.3 Å². The van der Waals surface area contributed by atoms with Crippen LogP contribution < -0.4 is 0 Å². The smallest absolute Gasteiger partial charge is 0.302 e. The van der Waals surface area contributed by atoms with Crippen molar-refractivity contribution in [3.63, 3.8) is 0 Å². The van der Waals surface area contributed by atoms with E-state index in [0.29, 0.717) is 19.6 Å². The van der Waals surface area contributed by atoms with Gasteiger partial charge in [0.15, 0.2) is 0 Å². The van der Waals surface area contributed by atoms with E-state index < -0.39 is 11.5 Å². The molecule has 1 saturated carbocycles. The summed E-state index contributed by atoms with van der Waals surface area (Å²) >= 11 is 0. The first-order valence-corrected chi connectivity index (χ1v) is 8.62. The quantitative estimate of drug-likeness (QED) is 0.338. The average molecular weight is 348 g/mol. The first-order chi connectivity index (χ1) is 11.9. The van der Waals surface area contributed by atoms with Gasteiger partial charge in [0.25, 0.3) is 0 Å². The number of carbonyl (C=O) groups excluding carboxylic acids is 1. The zero-order valence-corrected chi connectivity index (χ0v) is 15.1. The molecule has 2 rings (SSSR count). The Morgan fingerprint density at radius 2 is 2.04 bits per heavy atom. The van der Waals surface area contributed by atoms with Crippen molar-refractivity contribution >= 4 is 5.97 Å². The van der Waals surface area contributed by atoms with Gasteiger partial charge in [-0.1, -0.05) is 49.4 Å². The van der Waals surface area contributed by atoms with E-state index in [1.54, 1.807) is 0 Å². The van der Waals surface area contributed by atoms with Gasteiger partial charge < -0.3 is 19.3 Å². The molecule has 3 atom stereocenters. The summed E-state index contributed by atoms with van der Waals surface area (Å²) < 4.78 is 16.4. The zero-order valence-electron chi connectivity index (χ0n) is 15.1. The highest BCUT2D eigenvalue weighted by atomic mass is 16.7. The lowest BCUT2D eigenvalue weighted by Crippen LogP contribution is -2.49. The predicted octanol–water partition coefficient (Wildman–Crippen LogP) is 3.07. The standard InChI is InChI=1S/C20H28O5/c1-15-9-10-19(22)20(3,18(15)12-25-16(2)21)13-24-14-23-11-17-7-5-4-6-8-17/h4-8,18-19,22H,1,9-14H2,2-3H3/t18?,19-,20?/m0/s1. The molecule has 1 N–H and O–H groups in total. The Bertz CT molecular complexity index is 571. The maximum absolute atomic E-state index is 11.2. The molecule has 138 valence electrons. The van der Waals surface area contributed by atoms with Gasteiger partial charge in [-0.25, -0.2) is 0 Å². The summed E-state index contributed by atoms with van der Waals surface area (Å²) in [5.41, 5.74) is 1.51. The maximum Gasteiger partial charge on any atom is 0.302 e. The molecule has 5 heteroatoms. The molecule has 25 heavy (non-hydrogen) atoms. The Labute approximate surface area is 149 Å². The van der Waals surface area contributed by atoms with E-state index >= 15 is 0 Å². The van der Waals surface area contributed by atoms with Gasteiger partial charge in [-0.3, -0.25) is 4.79 Å². The lowest BCUT2D eigenvalue weighted by Gasteiger charge is -2.45. The van der Waals surface area contributed by atoms with Crippen LogP contribution >= 0.6 is 0 Å². The molecule has 1 aliphatic carbocycles. The number of aliphatic hydroxyl groups is 1. The first kappa shape index (κ1) is 19.6. The molecule has 0 heterocycles. The molecule has 5 nitrogen and oxygen atoms in total. The van der Waals surface area contributed by atoms with E-state index in [4.69, 9.17) is 14.2 Å². The summed E-state index contributed by atoms with van der Waals surface area (Å²) in [6.45, 7) is 8.58. The lowest BCUT2D eigenvalue weighted by molar-refractivity contribution is -0.153. The first-order valence-electron chi connectivity index (χ1n) is 8.62. The third-order valence-electron chi connectivity index (χ3n) is 4.93. The summed E-state index contributed by atoms with van der Waals surface area (Å²) in [4.78, 5) is 11.2. The van der Waals surface area contributed by atoms with E-state index in [-0.39, 0.29) is 25.3 Å². The highest BCUT2D eigenvalue weighted by molar-refractivity contribution is 5.65. The SMILES string of the molecule is C=C1CC[C@H](O)C(C)(COCOCc2ccccc2)C1COC(C)=O. The van der Waals surface area contributed by atoms with Crippen LogP contribution in [0.4, 0.5) is 0 Å². The van der Waals surface area contributed by atoms with E-state index in [1.807, 2.05) is 37.3 Å². The Morgan fingerprint density at radius 1 is 1.32 bits per heavy atom. The van der Waals surface area contributed by atoms with Crippen LogP contribution in [0.5, 0.6) is 0 Å². The summed E-state index contributed by atoms with van der Waals surface area (Å²) in [5, 5.41) is 10.5. The molecule has 0 amide bonds. The minimum Gasteiger partial charge on any atom is -0.465 e. The van der Waals surface area contributed by atoms with Gasteiger partial charge in [-0.05, 0) is 18.4 Å². The fourth-order valence-electron chi connectivity index (χ4n) is 3.28. The van der Waals surface area contributed by atoms with Gasteiger partial charge in [0.2, 0.25) is 0 Å². The maximum atomic E-state index is 11.2. The van der Waals surface area contributed by atoms with Crippen LogP contribution in [0.3, 0.4) is 0 Å². The van der Waals surface area contributed by atoms with E-state index in [0.717, 1.165) is 17.6 Å². The highest BCUT2D eigenvalue weighted by Crippen LogP contribution is 2.44. The van der Waals surface area contributed by atoms with Crippen LogP contribution in [0.2, 0.25) is 0 Å². The second kappa shape index (κ2) is 9.13. The molecule has 0 bridgehead atoms. The monoisotopic (exact) mass is 348 g/mol. The van der Waals surface area contributed by atoms with Gasteiger partial charge in [0.1, 0.15) is 6.79 Å². The molecule has 1 aliphatic rings. The molecule has 1 aromatic rings. The van der Waals surface area contributed by atoms with Gasteiger partial charge in [-0.15, -0.1) is 0 Å². The number of hydrogen-bond acceptors (Lipinski definition) is 5. The normalized spacial score (nSPS) is 26.4. The summed E-state index contributed by atoms with van der Waals surface area (Å²) in [6, 6.07) is 9.87. The Morgan fingerprint density at radius 3 is 2.72 bits per heavy atom. The van der Waals surface area contributed by atoms with Gasteiger partial charge in [0, 0.05) is 18.3 Å². The van der Waals surface area contributed by atoms with Crippen molar-refractivity contribution in [3.8, 4) is 0 Å². The molecule has 1 aromatic carbocycles. The Balaban J connectivity index is 1.86. The van der Waals surface area contributed by atoms with E-state index in [1.165, 1.54) is 6.92 Å². The number of ether oxygens (including phenoxy) is 3. The van der Waals surface area contributed by atoms with Crippen molar-refractivity contribution in [2.75, 3.05) is 20.0 Å². The molecule has 0 saturated heterocycles. The second-order valence-electron chi connectivity index (χ2n) is 6.87. The van der Waals surface area contributed by atoms with E-state index in [9.17, 15) is 9.90 Å². The third kappa shape index (κ3) is 5.39. The Kier molecular flexibility index (Phi) is 7.17. The highest BCUT2D eigenvalue weighted by Gasteiger charge is 2.45. The number of benzene rings is 1. The fourth-order valence-corrected chi connectivity index (χ4v) is 3.28. The van der Waals surface area contributed by atoms with Crippen LogP contribution in [-0.2, 0) is 25.6 Å². The van der Waals surface area contributed by atoms with Crippen LogP contribution in [0.25, 0.3) is 0 Å². The molecule has 0 aromatic heterocycles. The van der Waals surface area contributed by atoms with Gasteiger partial charge in [0.05, 0.1) is 25.9 Å². The van der Waals surface area contributed by atoms with Crippen molar-refractivity contribution in [2.24, 2.45) is 11.3 Å². The lowest BCUT2D eigenvalue weighted by atomic mass is 9.64. The number of aliphatic hydroxyl groups excluding tert-OH is 1. The number of esters is 1. The minimum absolute atomic E-state index is 0.130. The van der Waals surface area contributed by atoms with Crippen LogP contribution in [-0.4, -0.2) is 37.2 Å². The Hall–Kier alpha value is -1.69. The topological polar surface area (TPSA) is 65.0 Å². The number of rotatable bonds is 8. The molecule has 2 unspecified atom stereocenters. The molecule has 0 radical (unpaired) electrons. The van der Waals surface area contributed by atoms with E-state index in [2.05, 4.69) is 6.58 Å². The van der Waals surface area contributed by atoms with Crippen molar-refractivity contribution < 1.29 is 24.1 Å². The van der Waals surface area contributed by atoms with Crippen molar-refractivity contribution in [2.45, 2.75) is 39.4 Å². The van der Waals surface area contributed by atoms with Crippen molar-refractivity contribution in [1.82, 2.24) is 0 Å². The molecule has 0 aliphatic heterocycles. The molecular weight excluding hydrogens is 320 g/mol. The average Bonchev–Trinajstić information content (AvgIpc) is 2.59. The van der Waals surface area contributed by atoms with Crippen molar-refractivity contribution in [1.29, 1.82) is 0 Å². The fraction of sp³-hybridized carbons (Fsp3) is 0.550. The molecule has 1 fully saturated rings. The summed E-state index contributed by atoms with van der Waals surface area (Å²) in [5.74, 6) is -0.461. The second-order valence-corrected chi connectivity index (χ2v) is 6.87.